The molecule has 0 fully saturated rings. The number of phenolic OH excluding ortho intramolecular Hbond substituents is 1. The number of hydrogen-bond donors (Lipinski definition) is 1. The Hall–Kier alpha value is -1.36. The third-order valence-corrected chi connectivity index (χ3v) is 4.79. The molecule has 2 aromatic rings. The van der Waals surface area contributed by atoms with Crippen LogP contribution >= 0.6 is 23.4 Å². The summed E-state index contributed by atoms with van der Waals surface area (Å²) in [6, 6.07) is 10.6. The second-order valence-electron chi connectivity index (χ2n) is 5.02. The molecule has 0 unspecified atom stereocenters. The summed E-state index contributed by atoms with van der Waals surface area (Å²) in [5.74, 6) is 0.112. The molecule has 0 aliphatic carbocycles. The Bertz CT molecular complexity index is 808. The van der Waals surface area contributed by atoms with E-state index in [4.69, 9.17) is 19.8 Å². The van der Waals surface area contributed by atoms with Gasteiger partial charge in [-0.15, -0.1) is 0 Å². The molecule has 0 bridgehead atoms. The average Bonchev–Trinajstić information content (AvgIpc) is 2.56. The van der Waals surface area contributed by atoms with Crippen LogP contribution in [0.2, 0.25) is 5.02 Å². The first-order chi connectivity index (χ1) is 13.0. The number of nitrogens with zero attached hydrogens (tertiary/aromatic N) is 2. The largest absolute Gasteiger partial charge is 0.508 e. The number of phenols is 1. The molecule has 0 atom stereocenters. The van der Waals surface area contributed by atoms with Crippen molar-refractivity contribution in [1.82, 2.24) is 4.90 Å². The predicted octanol–water partition coefficient (Wildman–Crippen LogP) is 4.60. The summed E-state index contributed by atoms with van der Waals surface area (Å²) in [6.07, 6.45) is 0.294. The summed E-state index contributed by atoms with van der Waals surface area (Å²) in [7, 11) is 0. The molecule has 116 valence electrons. The van der Waals surface area contributed by atoms with Crippen molar-refractivity contribution in [1.29, 1.82) is 0 Å². The van der Waals surface area contributed by atoms with Crippen molar-refractivity contribution in [2.75, 3.05) is 31.9 Å². The first kappa shape index (κ1) is 9.71. The molecule has 1 N–H and O–H groups in total. The molecule has 3 nitrogen and oxygen atoms in total. The lowest BCUT2D eigenvalue weighted by Crippen LogP contribution is -2.25. The fourth-order valence-electron chi connectivity index (χ4n) is 2.47. The van der Waals surface area contributed by atoms with Gasteiger partial charge in [-0.05, 0) is 57.2 Å². The van der Waals surface area contributed by atoms with E-state index in [9.17, 15) is 5.11 Å². The van der Waals surface area contributed by atoms with Crippen LogP contribution < -0.4 is 4.90 Å². The van der Waals surface area contributed by atoms with Crippen molar-refractivity contribution in [3.63, 3.8) is 0 Å². The molecule has 1 heterocycles. The number of benzene rings is 2. The maximum absolute atomic E-state index is 9.92. The van der Waals surface area contributed by atoms with Crippen molar-refractivity contribution >= 4 is 34.7 Å². The predicted molar refractivity (Wildman–Crippen MR) is 93.9 cm³/mol. The number of aromatic hydroxyl groups is 1. The minimum atomic E-state index is -2.71. The molecule has 0 aromatic heterocycles. The Labute approximate surface area is 148 Å². The summed E-state index contributed by atoms with van der Waals surface area (Å²) in [5, 5.41) is 10.5. The van der Waals surface area contributed by atoms with E-state index in [1.54, 1.807) is 30.0 Å². The van der Waals surface area contributed by atoms with Gasteiger partial charge < -0.3 is 14.9 Å². The van der Waals surface area contributed by atoms with Gasteiger partial charge in [0, 0.05) is 35.6 Å². The van der Waals surface area contributed by atoms with Gasteiger partial charge in [-0.2, -0.15) is 0 Å². The SMILES string of the molecule is [2H]C([2H])([2H])N(CCCN1c2cc(O)ccc2Sc2ccc(Cl)cc21)C([2H])([2H])[2H]. The van der Waals surface area contributed by atoms with Crippen molar-refractivity contribution < 1.29 is 13.3 Å². The highest BCUT2D eigenvalue weighted by atomic mass is 35.5. The Morgan fingerprint density at radius 1 is 1.18 bits per heavy atom. The van der Waals surface area contributed by atoms with E-state index in [2.05, 4.69) is 0 Å². The fourth-order valence-corrected chi connectivity index (χ4v) is 3.69. The van der Waals surface area contributed by atoms with Gasteiger partial charge in [0.05, 0.1) is 11.4 Å². The van der Waals surface area contributed by atoms with Crippen LogP contribution in [-0.4, -0.2) is 37.0 Å². The van der Waals surface area contributed by atoms with Gasteiger partial charge >= 0.3 is 0 Å². The normalized spacial score (nSPS) is 18.4. The zero-order valence-corrected chi connectivity index (χ0v) is 13.3. The Kier molecular flexibility index (Phi) is 2.83. The van der Waals surface area contributed by atoms with Crippen molar-refractivity contribution in [2.24, 2.45) is 0 Å². The highest BCUT2D eigenvalue weighted by Crippen LogP contribution is 2.49. The summed E-state index contributed by atoms with van der Waals surface area (Å²) in [6.45, 7) is -5.17. The fraction of sp³-hybridized carbons (Fsp3) is 0.294. The molecule has 0 amide bonds. The molecule has 0 radical (unpaired) electrons. The second kappa shape index (κ2) is 6.41. The smallest absolute Gasteiger partial charge is 0.117 e. The van der Waals surface area contributed by atoms with Gasteiger partial charge in [0.2, 0.25) is 0 Å². The second-order valence-corrected chi connectivity index (χ2v) is 6.54. The Balaban J connectivity index is 1.87. The minimum Gasteiger partial charge on any atom is -0.508 e. The first-order valence-corrected chi connectivity index (χ1v) is 8.02. The van der Waals surface area contributed by atoms with Crippen LogP contribution in [0.15, 0.2) is 46.2 Å². The molecule has 1 aliphatic heterocycles. The quantitative estimate of drug-likeness (QED) is 0.879. The van der Waals surface area contributed by atoms with Gasteiger partial charge in [-0.1, -0.05) is 23.4 Å². The van der Waals surface area contributed by atoms with Gasteiger partial charge in [0.15, 0.2) is 0 Å². The lowest BCUT2D eigenvalue weighted by atomic mass is 10.2. The molecule has 1 aliphatic rings. The van der Waals surface area contributed by atoms with E-state index < -0.39 is 14.0 Å². The number of halogens is 1. The van der Waals surface area contributed by atoms with Crippen LogP contribution in [-0.2, 0) is 0 Å². The van der Waals surface area contributed by atoms with Crippen LogP contribution in [0.25, 0.3) is 0 Å². The van der Waals surface area contributed by atoms with Crippen LogP contribution in [0, 0.1) is 0 Å². The highest BCUT2D eigenvalue weighted by Gasteiger charge is 2.23. The van der Waals surface area contributed by atoms with Crippen molar-refractivity contribution in [3.05, 3.63) is 41.4 Å². The summed E-state index contributed by atoms with van der Waals surface area (Å²) in [5.41, 5.74) is 1.61. The molecule has 2 aromatic carbocycles. The number of fused-ring (bicyclic) bond motifs is 2. The zero-order chi connectivity index (χ0) is 20.7. The van der Waals surface area contributed by atoms with E-state index in [-0.39, 0.29) is 12.3 Å². The van der Waals surface area contributed by atoms with Gasteiger partial charge in [0.1, 0.15) is 5.75 Å². The average molecular weight is 341 g/mol. The third kappa shape index (κ3) is 3.19. The lowest BCUT2D eigenvalue weighted by Gasteiger charge is -2.33. The van der Waals surface area contributed by atoms with Gasteiger partial charge in [0.25, 0.3) is 0 Å². The molecule has 0 saturated heterocycles. The highest BCUT2D eigenvalue weighted by molar-refractivity contribution is 7.99. The zero-order valence-electron chi connectivity index (χ0n) is 17.7. The minimum absolute atomic E-state index is 0.112. The molecule has 0 saturated carbocycles. The molecule has 22 heavy (non-hydrogen) atoms. The van der Waals surface area contributed by atoms with E-state index in [0.29, 0.717) is 22.9 Å². The maximum Gasteiger partial charge on any atom is 0.117 e. The molecule has 3 rings (SSSR count). The number of rotatable bonds is 4. The van der Waals surface area contributed by atoms with E-state index >= 15 is 0 Å². The monoisotopic (exact) mass is 340 g/mol. The summed E-state index contributed by atoms with van der Waals surface area (Å²) >= 11 is 7.71. The Morgan fingerprint density at radius 3 is 2.68 bits per heavy atom. The van der Waals surface area contributed by atoms with Gasteiger partial charge in [-0.25, -0.2) is 0 Å². The molecule has 5 heteroatoms. The van der Waals surface area contributed by atoms with Crippen LogP contribution in [0.3, 0.4) is 0 Å². The molecular formula is C17H19ClN2OS. The third-order valence-electron chi connectivity index (χ3n) is 3.43. The molecule has 0 spiro atoms. The van der Waals surface area contributed by atoms with Crippen molar-refractivity contribution in [3.8, 4) is 5.75 Å². The lowest BCUT2D eigenvalue weighted by molar-refractivity contribution is 0.402. The first-order valence-electron chi connectivity index (χ1n) is 9.82. The molecular weight excluding hydrogens is 316 g/mol. The Morgan fingerprint density at radius 2 is 1.91 bits per heavy atom. The van der Waals surface area contributed by atoms with Gasteiger partial charge in [-0.3, -0.25) is 0 Å². The summed E-state index contributed by atoms with van der Waals surface area (Å²) < 4.78 is 44.9. The van der Waals surface area contributed by atoms with E-state index in [1.807, 2.05) is 23.1 Å². The summed E-state index contributed by atoms with van der Waals surface area (Å²) in [4.78, 5) is 4.41. The van der Waals surface area contributed by atoms with E-state index in [0.717, 1.165) is 21.2 Å². The van der Waals surface area contributed by atoms with Crippen LogP contribution in [0.1, 0.15) is 14.6 Å². The van der Waals surface area contributed by atoms with Crippen LogP contribution in [0.4, 0.5) is 11.4 Å². The van der Waals surface area contributed by atoms with Crippen LogP contribution in [0.5, 0.6) is 5.75 Å². The number of anilines is 2. The maximum atomic E-state index is 9.92. The topological polar surface area (TPSA) is 26.7 Å². The standard InChI is InChI=1S/C17H19ClN2OS/c1-19(2)8-3-9-20-14-10-12(18)4-6-16(14)22-17-7-5-13(21)11-15(17)20/h4-7,10-11,21H,3,8-9H2,1-2H3/i1D3,2D3. The van der Waals surface area contributed by atoms with E-state index in [1.165, 1.54) is 0 Å². The van der Waals surface area contributed by atoms with Crippen molar-refractivity contribution in [2.45, 2.75) is 16.2 Å². The number of hydrogen-bond acceptors (Lipinski definition) is 4.